The molecule has 0 aliphatic heterocycles. The molecule has 0 aliphatic carbocycles. The van der Waals surface area contributed by atoms with Crippen molar-refractivity contribution < 1.29 is 18.7 Å². The molecule has 0 atom stereocenters. The maximum absolute atomic E-state index is 13.2. The number of ether oxygens (including phenoxy) is 1. The number of rotatable bonds is 5. The van der Waals surface area contributed by atoms with Gasteiger partial charge in [-0.2, -0.15) is 0 Å². The predicted molar refractivity (Wildman–Crippen MR) is 86.6 cm³/mol. The van der Waals surface area contributed by atoms with Crippen LogP contribution in [-0.4, -0.2) is 17.8 Å². The molecule has 0 fully saturated rings. The fourth-order valence-electron chi connectivity index (χ4n) is 2.03. The number of ketones is 1. The molecular weight excluding hydrogens is 297 g/mol. The van der Waals surface area contributed by atoms with Crippen LogP contribution in [0.5, 0.6) is 5.75 Å². The van der Waals surface area contributed by atoms with E-state index >= 15 is 0 Å². The zero-order chi connectivity index (χ0) is 17.0. The number of Topliss-reactive ketones (excluding diaryl/α,β-unsaturated/α-hetero) is 1. The van der Waals surface area contributed by atoms with Crippen molar-refractivity contribution in [3.8, 4) is 5.75 Å². The molecule has 0 spiro atoms. The van der Waals surface area contributed by atoms with Crippen molar-refractivity contribution in [1.82, 2.24) is 0 Å². The highest BCUT2D eigenvalue weighted by Crippen LogP contribution is 2.27. The van der Waals surface area contributed by atoms with Gasteiger partial charge in [0.2, 0.25) is 0 Å². The minimum atomic E-state index is -0.492. The number of nitrogens with one attached hydrogen (secondary N) is 1. The highest BCUT2D eigenvalue weighted by molar-refractivity contribution is 6.06. The monoisotopic (exact) mass is 315 g/mol. The van der Waals surface area contributed by atoms with Crippen LogP contribution in [0.15, 0.2) is 42.5 Å². The number of carbonyl (C=O) groups excluding carboxylic acids is 2. The van der Waals surface area contributed by atoms with Crippen molar-refractivity contribution >= 4 is 17.4 Å². The SMILES string of the molecule is CC(=O)c1ccc(OC(C)C)c(NC(=O)c2cccc(F)c2)c1. The Morgan fingerprint density at radius 1 is 1.09 bits per heavy atom. The first-order valence-electron chi connectivity index (χ1n) is 7.25. The van der Waals surface area contributed by atoms with Crippen LogP contribution in [0, 0.1) is 5.82 Å². The minimum absolute atomic E-state index is 0.0944. The van der Waals surface area contributed by atoms with Gasteiger partial charge in [-0.25, -0.2) is 4.39 Å². The molecule has 0 saturated carbocycles. The number of hydrogen-bond acceptors (Lipinski definition) is 3. The van der Waals surface area contributed by atoms with Gasteiger partial charge in [-0.15, -0.1) is 0 Å². The highest BCUT2D eigenvalue weighted by Gasteiger charge is 2.13. The lowest BCUT2D eigenvalue weighted by Gasteiger charge is -2.16. The van der Waals surface area contributed by atoms with E-state index in [0.29, 0.717) is 17.0 Å². The Morgan fingerprint density at radius 2 is 1.83 bits per heavy atom. The van der Waals surface area contributed by atoms with Crippen LogP contribution >= 0.6 is 0 Å². The summed E-state index contributed by atoms with van der Waals surface area (Å²) in [6, 6.07) is 10.2. The van der Waals surface area contributed by atoms with Crippen molar-refractivity contribution in [3.63, 3.8) is 0 Å². The summed E-state index contributed by atoms with van der Waals surface area (Å²) in [5, 5.41) is 2.67. The minimum Gasteiger partial charge on any atom is -0.489 e. The van der Waals surface area contributed by atoms with E-state index in [1.165, 1.54) is 25.1 Å². The Hall–Kier alpha value is -2.69. The maximum Gasteiger partial charge on any atom is 0.255 e. The first-order valence-corrected chi connectivity index (χ1v) is 7.25. The summed E-state index contributed by atoms with van der Waals surface area (Å²) in [6.45, 7) is 5.16. The van der Waals surface area contributed by atoms with Gasteiger partial charge >= 0.3 is 0 Å². The molecule has 0 unspecified atom stereocenters. The Bertz CT molecular complexity index is 741. The Labute approximate surface area is 134 Å². The number of carbonyl (C=O) groups is 2. The average Bonchev–Trinajstić information content (AvgIpc) is 2.48. The number of halogens is 1. The smallest absolute Gasteiger partial charge is 0.255 e. The quantitative estimate of drug-likeness (QED) is 0.846. The molecule has 120 valence electrons. The second kappa shape index (κ2) is 7.05. The second-order valence-electron chi connectivity index (χ2n) is 5.40. The van der Waals surface area contributed by atoms with E-state index in [4.69, 9.17) is 4.74 Å². The molecular formula is C18H18FNO3. The zero-order valence-corrected chi connectivity index (χ0v) is 13.2. The standard InChI is InChI=1S/C18H18FNO3/c1-11(2)23-17-8-7-13(12(3)21)10-16(17)20-18(22)14-5-4-6-15(19)9-14/h4-11H,1-3H3,(H,20,22). The lowest BCUT2D eigenvalue weighted by molar-refractivity contribution is 0.101. The molecule has 0 aliphatic rings. The lowest BCUT2D eigenvalue weighted by atomic mass is 10.1. The first kappa shape index (κ1) is 16.7. The van der Waals surface area contributed by atoms with Crippen LogP contribution in [0.25, 0.3) is 0 Å². The summed E-state index contributed by atoms with van der Waals surface area (Å²) in [4.78, 5) is 23.8. The van der Waals surface area contributed by atoms with E-state index < -0.39 is 11.7 Å². The van der Waals surface area contributed by atoms with Gasteiger partial charge in [0.15, 0.2) is 5.78 Å². The van der Waals surface area contributed by atoms with Crippen molar-refractivity contribution in [2.45, 2.75) is 26.9 Å². The molecule has 4 nitrogen and oxygen atoms in total. The van der Waals surface area contributed by atoms with Crippen LogP contribution in [0.4, 0.5) is 10.1 Å². The topological polar surface area (TPSA) is 55.4 Å². The van der Waals surface area contributed by atoms with E-state index in [1.807, 2.05) is 13.8 Å². The van der Waals surface area contributed by atoms with Gasteiger partial charge in [0.1, 0.15) is 11.6 Å². The summed E-state index contributed by atoms with van der Waals surface area (Å²) in [5.41, 5.74) is 1.02. The maximum atomic E-state index is 13.2. The molecule has 2 rings (SSSR count). The molecule has 23 heavy (non-hydrogen) atoms. The number of hydrogen-bond donors (Lipinski definition) is 1. The fourth-order valence-corrected chi connectivity index (χ4v) is 2.03. The molecule has 0 saturated heterocycles. The fraction of sp³-hybridized carbons (Fsp3) is 0.222. The van der Waals surface area contributed by atoms with Crippen LogP contribution < -0.4 is 10.1 Å². The van der Waals surface area contributed by atoms with Gasteiger partial charge in [-0.3, -0.25) is 9.59 Å². The largest absolute Gasteiger partial charge is 0.489 e. The third-order valence-electron chi connectivity index (χ3n) is 3.08. The van der Waals surface area contributed by atoms with Gasteiger partial charge in [0, 0.05) is 11.1 Å². The van der Waals surface area contributed by atoms with Gasteiger partial charge in [-0.05, 0) is 57.2 Å². The Morgan fingerprint density at radius 3 is 2.43 bits per heavy atom. The van der Waals surface area contributed by atoms with Crippen LogP contribution in [0.1, 0.15) is 41.5 Å². The third-order valence-corrected chi connectivity index (χ3v) is 3.08. The normalized spacial score (nSPS) is 10.5. The van der Waals surface area contributed by atoms with Crippen molar-refractivity contribution in [3.05, 3.63) is 59.4 Å². The molecule has 0 heterocycles. The number of anilines is 1. The molecule has 2 aromatic rings. The molecule has 5 heteroatoms. The van der Waals surface area contributed by atoms with E-state index in [2.05, 4.69) is 5.32 Å². The van der Waals surface area contributed by atoms with Crippen molar-refractivity contribution in [2.24, 2.45) is 0 Å². The van der Waals surface area contributed by atoms with Crippen LogP contribution in [0.2, 0.25) is 0 Å². The van der Waals surface area contributed by atoms with Gasteiger partial charge < -0.3 is 10.1 Å². The summed E-state index contributed by atoms with van der Waals surface area (Å²) in [6.07, 6.45) is -0.0944. The molecule has 0 bridgehead atoms. The second-order valence-corrected chi connectivity index (χ2v) is 5.40. The first-order chi connectivity index (χ1) is 10.9. The molecule has 2 aromatic carbocycles. The van der Waals surface area contributed by atoms with Gasteiger partial charge in [-0.1, -0.05) is 6.07 Å². The van der Waals surface area contributed by atoms with Crippen LogP contribution in [-0.2, 0) is 0 Å². The van der Waals surface area contributed by atoms with Gasteiger partial charge in [0.05, 0.1) is 11.8 Å². The summed E-state index contributed by atoms with van der Waals surface area (Å²) < 4.78 is 18.9. The average molecular weight is 315 g/mol. The number of amides is 1. The molecule has 1 N–H and O–H groups in total. The van der Waals surface area contributed by atoms with E-state index in [1.54, 1.807) is 18.2 Å². The van der Waals surface area contributed by atoms with Crippen molar-refractivity contribution in [1.29, 1.82) is 0 Å². The number of benzene rings is 2. The predicted octanol–water partition coefficient (Wildman–Crippen LogP) is 4.07. The van der Waals surface area contributed by atoms with E-state index in [0.717, 1.165) is 6.07 Å². The van der Waals surface area contributed by atoms with Crippen molar-refractivity contribution in [2.75, 3.05) is 5.32 Å². The van der Waals surface area contributed by atoms with E-state index in [-0.39, 0.29) is 17.5 Å². The third kappa shape index (κ3) is 4.39. The summed E-state index contributed by atoms with van der Waals surface area (Å²) in [5.74, 6) is -0.635. The molecule has 1 amide bonds. The highest BCUT2D eigenvalue weighted by atomic mass is 19.1. The summed E-state index contributed by atoms with van der Waals surface area (Å²) >= 11 is 0. The zero-order valence-electron chi connectivity index (χ0n) is 13.2. The molecule has 0 radical (unpaired) electrons. The lowest BCUT2D eigenvalue weighted by Crippen LogP contribution is -2.15. The molecule has 0 aromatic heterocycles. The van der Waals surface area contributed by atoms with Gasteiger partial charge in [0.25, 0.3) is 5.91 Å². The summed E-state index contributed by atoms with van der Waals surface area (Å²) in [7, 11) is 0. The Balaban J connectivity index is 2.33. The Kier molecular flexibility index (Phi) is 5.11. The van der Waals surface area contributed by atoms with E-state index in [9.17, 15) is 14.0 Å². The van der Waals surface area contributed by atoms with Crippen LogP contribution in [0.3, 0.4) is 0 Å².